The second-order valence-electron chi connectivity index (χ2n) is 12.1. The van der Waals surface area contributed by atoms with Crippen LogP contribution in [-0.2, 0) is 21.9 Å². The molecule has 32 heavy (non-hydrogen) atoms. The number of ether oxygens (including phenoxy) is 1. The minimum absolute atomic E-state index is 0.0624. The van der Waals surface area contributed by atoms with Crippen molar-refractivity contribution in [2.75, 3.05) is 0 Å². The molecule has 0 aromatic heterocycles. The number of esters is 1. The summed E-state index contributed by atoms with van der Waals surface area (Å²) in [5, 5.41) is 0.182. The third-order valence-corrected chi connectivity index (χ3v) is 12.1. The minimum atomic E-state index is -1.79. The van der Waals surface area contributed by atoms with E-state index in [9.17, 15) is 4.79 Å². The molecule has 0 atom stereocenters. The molecule has 174 valence electrons. The molecule has 0 saturated heterocycles. The molecule has 2 aromatic carbocycles. The fourth-order valence-electron chi connectivity index (χ4n) is 4.02. The lowest BCUT2D eigenvalue weighted by Crippen LogP contribution is -2.40. The highest BCUT2D eigenvalue weighted by Crippen LogP contribution is 2.46. The number of rotatable bonds is 5. The van der Waals surface area contributed by atoms with Crippen LogP contribution in [0.1, 0.15) is 88.4 Å². The fraction of sp³-hybridized carbons (Fsp3) is 0.536. The zero-order valence-electron chi connectivity index (χ0n) is 21.4. The first-order valence-corrected chi connectivity index (χ1v) is 14.6. The van der Waals surface area contributed by atoms with Crippen molar-refractivity contribution in [3.8, 4) is 5.75 Å². The van der Waals surface area contributed by atoms with Crippen LogP contribution in [0, 0.1) is 0 Å². The van der Waals surface area contributed by atoms with E-state index in [2.05, 4.69) is 67.6 Å². The fourth-order valence-corrected chi connectivity index (χ4v) is 4.98. The van der Waals surface area contributed by atoms with Gasteiger partial charge in [0.25, 0.3) is 0 Å². The van der Waals surface area contributed by atoms with Crippen molar-refractivity contribution < 1.29 is 14.0 Å². The van der Waals surface area contributed by atoms with Gasteiger partial charge in [0.05, 0.1) is 12.2 Å². The quantitative estimate of drug-likeness (QED) is 0.264. The molecule has 3 nitrogen and oxygen atoms in total. The zero-order valence-corrected chi connectivity index (χ0v) is 22.4. The summed E-state index contributed by atoms with van der Waals surface area (Å²) in [6.07, 6.45) is 2.27. The average Bonchev–Trinajstić information content (AvgIpc) is 2.70. The van der Waals surface area contributed by atoms with Gasteiger partial charge in [0.15, 0.2) is 8.32 Å². The third-order valence-electron chi connectivity index (χ3n) is 7.63. The molecule has 0 fully saturated rings. The molecule has 0 radical (unpaired) electrons. The molecule has 0 saturated carbocycles. The van der Waals surface area contributed by atoms with Crippen LogP contribution in [0.3, 0.4) is 0 Å². The highest BCUT2D eigenvalue weighted by molar-refractivity contribution is 6.74. The Hall–Kier alpha value is -1.91. The number of benzene rings is 2. The summed E-state index contributed by atoms with van der Waals surface area (Å²) < 4.78 is 12.0. The van der Waals surface area contributed by atoms with Gasteiger partial charge in [-0.2, -0.15) is 0 Å². The molecule has 0 bridgehead atoms. The van der Waals surface area contributed by atoms with Crippen LogP contribution in [0.5, 0.6) is 5.75 Å². The Labute approximate surface area is 195 Å². The highest BCUT2D eigenvalue weighted by atomic mass is 28.4. The zero-order chi connectivity index (χ0) is 23.9. The van der Waals surface area contributed by atoms with Gasteiger partial charge in [-0.25, -0.2) is 4.79 Å². The maximum absolute atomic E-state index is 12.9. The second-order valence-corrected chi connectivity index (χ2v) is 16.9. The summed E-state index contributed by atoms with van der Waals surface area (Å²) in [4.78, 5) is 12.9. The molecule has 4 heteroatoms. The van der Waals surface area contributed by atoms with Gasteiger partial charge in [-0.05, 0) is 82.8 Å². The van der Waals surface area contributed by atoms with Crippen LogP contribution in [0.4, 0.5) is 0 Å². The van der Waals surface area contributed by atoms with Crippen molar-refractivity contribution >= 4 is 14.3 Å². The van der Waals surface area contributed by atoms with Crippen molar-refractivity contribution in [2.45, 2.75) is 96.9 Å². The molecule has 2 aromatic rings. The Morgan fingerprint density at radius 1 is 0.906 bits per heavy atom. The predicted molar refractivity (Wildman–Crippen MR) is 135 cm³/mol. The summed E-state index contributed by atoms with van der Waals surface area (Å²) in [5.41, 5.74) is 4.51. The van der Waals surface area contributed by atoms with Crippen LogP contribution >= 0.6 is 0 Å². The molecule has 1 aliphatic carbocycles. The maximum Gasteiger partial charge on any atom is 0.343 e. The molecule has 1 aliphatic rings. The smallest absolute Gasteiger partial charge is 0.343 e. The Balaban J connectivity index is 1.70. The Morgan fingerprint density at radius 3 is 2.03 bits per heavy atom. The van der Waals surface area contributed by atoms with Crippen molar-refractivity contribution in [1.82, 2.24) is 0 Å². The lowest BCUT2D eigenvalue weighted by atomic mass is 9.63. The summed E-state index contributed by atoms with van der Waals surface area (Å²) >= 11 is 0. The first-order valence-electron chi connectivity index (χ1n) is 11.7. The summed E-state index contributed by atoms with van der Waals surface area (Å²) in [6, 6.07) is 13.7. The van der Waals surface area contributed by atoms with E-state index in [1.165, 1.54) is 11.1 Å². The second kappa shape index (κ2) is 8.46. The van der Waals surface area contributed by atoms with E-state index in [-0.39, 0.29) is 21.8 Å². The van der Waals surface area contributed by atoms with E-state index in [1.807, 2.05) is 36.4 Å². The average molecular weight is 453 g/mol. The van der Waals surface area contributed by atoms with E-state index >= 15 is 0 Å². The van der Waals surface area contributed by atoms with Crippen molar-refractivity contribution in [2.24, 2.45) is 0 Å². The van der Waals surface area contributed by atoms with Gasteiger partial charge >= 0.3 is 5.97 Å². The number of carbonyl (C=O) groups excluding carboxylic acids is 1. The van der Waals surface area contributed by atoms with E-state index in [1.54, 1.807) is 0 Å². The summed E-state index contributed by atoms with van der Waals surface area (Å²) in [5.74, 6) is 0.251. The van der Waals surface area contributed by atoms with Gasteiger partial charge in [0, 0.05) is 0 Å². The first kappa shape index (κ1) is 24.7. The topological polar surface area (TPSA) is 35.5 Å². The molecule has 0 amide bonds. The number of hydrogen-bond acceptors (Lipinski definition) is 3. The van der Waals surface area contributed by atoms with Crippen LogP contribution in [0.15, 0.2) is 42.5 Å². The predicted octanol–water partition coefficient (Wildman–Crippen LogP) is 7.78. The van der Waals surface area contributed by atoms with Crippen LogP contribution in [-0.4, -0.2) is 14.3 Å². The maximum atomic E-state index is 12.9. The highest BCUT2D eigenvalue weighted by Gasteiger charge is 2.38. The molecule has 0 heterocycles. The Bertz CT molecular complexity index is 979. The normalized spacial score (nSPS) is 17.5. The Morgan fingerprint density at radius 2 is 1.47 bits per heavy atom. The van der Waals surface area contributed by atoms with Gasteiger partial charge in [-0.15, -0.1) is 0 Å². The molecule has 0 spiro atoms. The van der Waals surface area contributed by atoms with Gasteiger partial charge in [-0.3, -0.25) is 0 Å². The SMILES string of the molecule is CC1(C)CCC(C)(C)c2cc(C(=O)Oc3ccc(CO[Si](C)(C)C(C)(C)C)cc3)ccc21. The van der Waals surface area contributed by atoms with Gasteiger partial charge < -0.3 is 9.16 Å². The van der Waals surface area contributed by atoms with E-state index in [4.69, 9.17) is 9.16 Å². The van der Waals surface area contributed by atoms with Crippen LogP contribution < -0.4 is 4.74 Å². The van der Waals surface area contributed by atoms with Crippen molar-refractivity contribution in [3.05, 3.63) is 64.7 Å². The number of carbonyl (C=O) groups is 1. The van der Waals surface area contributed by atoms with E-state index < -0.39 is 8.32 Å². The van der Waals surface area contributed by atoms with E-state index in [0.29, 0.717) is 17.9 Å². The lowest BCUT2D eigenvalue weighted by molar-refractivity contribution is 0.0734. The first-order chi connectivity index (χ1) is 14.6. The number of fused-ring (bicyclic) bond motifs is 1. The molecular formula is C28H40O3Si. The number of hydrogen-bond donors (Lipinski definition) is 0. The summed E-state index contributed by atoms with van der Waals surface area (Å²) in [6.45, 7) is 20.9. The Kier molecular flexibility index (Phi) is 6.53. The largest absolute Gasteiger partial charge is 0.423 e. The van der Waals surface area contributed by atoms with Gasteiger partial charge in [0.2, 0.25) is 0 Å². The van der Waals surface area contributed by atoms with Crippen LogP contribution in [0.2, 0.25) is 18.1 Å². The molecule has 0 unspecified atom stereocenters. The van der Waals surface area contributed by atoms with Gasteiger partial charge in [-0.1, -0.05) is 66.7 Å². The lowest BCUT2D eigenvalue weighted by Gasteiger charge is -2.41. The van der Waals surface area contributed by atoms with E-state index in [0.717, 1.165) is 18.4 Å². The summed E-state index contributed by atoms with van der Waals surface area (Å²) in [7, 11) is -1.79. The van der Waals surface area contributed by atoms with Gasteiger partial charge in [0.1, 0.15) is 5.75 Å². The third kappa shape index (κ3) is 5.18. The molecular weight excluding hydrogens is 412 g/mol. The minimum Gasteiger partial charge on any atom is -0.423 e. The molecule has 3 rings (SSSR count). The molecule has 0 N–H and O–H groups in total. The standard InChI is InChI=1S/C28H40O3Si/c1-26(2,3)32(8,9)30-19-20-10-13-22(14-11-20)31-25(29)21-12-15-23-24(18-21)28(6,7)17-16-27(23,4)5/h10-15,18H,16-17,19H2,1-9H3. The monoisotopic (exact) mass is 452 g/mol. The van der Waals surface area contributed by atoms with Crippen LogP contribution in [0.25, 0.3) is 0 Å². The molecule has 0 aliphatic heterocycles. The van der Waals surface area contributed by atoms with Crippen molar-refractivity contribution in [1.29, 1.82) is 0 Å². The van der Waals surface area contributed by atoms with Crippen molar-refractivity contribution in [3.63, 3.8) is 0 Å².